The Balaban J connectivity index is 1.22. The van der Waals surface area contributed by atoms with Gasteiger partial charge in [-0.1, -0.05) is 74.1 Å². The number of aryl methyl sites for hydroxylation is 2. The second-order valence-electron chi connectivity index (χ2n) is 10.7. The minimum Gasteiger partial charge on any atom is -0.406 e. The number of carbonyl (C=O) groups is 1. The lowest BCUT2D eigenvalue weighted by Gasteiger charge is -2.14. The fourth-order valence-corrected chi connectivity index (χ4v) is 5.14. The number of nitrogens with zero attached hydrogens (tertiary/aromatic N) is 3. The third kappa shape index (κ3) is 9.08. The number of aromatic nitrogens is 3. The van der Waals surface area contributed by atoms with E-state index in [1.165, 1.54) is 52.0 Å². The topological polar surface area (TPSA) is 57.0 Å². The molecule has 0 saturated heterocycles. The van der Waals surface area contributed by atoms with Crippen LogP contribution in [0, 0.1) is 6.92 Å². The number of thiocarbonyl (C=S) groups is 1. The summed E-state index contributed by atoms with van der Waals surface area (Å²) >= 11 is 5.59. The van der Waals surface area contributed by atoms with Gasteiger partial charge in [0.05, 0.1) is 5.69 Å². The van der Waals surface area contributed by atoms with E-state index < -0.39 is 6.36 Å². The number of ether oxygens (including phenoxy) is 1. The molecule has 9 heteroatoms. The standard InChI is InChI=1S/C33H34F3N3O2S/c1-22(2)31-17-8-23(3)18-26(31)19-30(42)20-28(40)7-5-4-6-24-9-11-25(12-10-24)32-37-21-39(38-32)27-13-15-29(16-14-27)41-33(34,35)36/h8-18,21-22H,4-7,19-20H2,1-3H3. The molecule has 0 unspecified atom stereocenters. The Morgan fingerprint density at radius 2 is 1.71 bits per heavy atom. The number of Topliss-reactive ketones (excluding diaryl/α,β-unsaturated/α-hetero) is 1. The molecule has 0 fully saturated rings. The Morgan fingerprint density at radius 1 is 1.00 bits per heavy atom. The predicted octanol–water partition coefficient (Wildman–Crippen LogP) is 8.55. The van der Waals surface area contributed by atoms with Crippen molar-refractivity contribution in [2.24, 2.45) is 0 Å². The highest BCUT2D eigenvalue weighted by molar-refractivity contribution is 7.80. The van der Waals surface area contributed by atoms with Crippen molar-refractivity contribution >= 4 is 22.9 Å². The van der Waals surface area contributed by atoms with Gasteiger partial charge in [0.15, 0.2) is 5.82 Å². The average molecular weight is 594 g/mol. The van der Waals surface area contributed by atoms with Crippen molar-refractivity contribution in [3.63, 3.8) is 0 Å². The molecule has 42 heavy (non-hydrogen) atoms. The minimum absolute atomic E-state index is 0.193. The van der Waals surface area contributed by atoms with E-state index in [-0.39, 0.29) is 11.5 Å². The molecule has 0 atom stereocenters. The van der Waals surface area contributed by atoms with Crippen molar-refractivity contribution in [1.29, 1.82) is 0 Å². The molecule has 0 radical (unpaired) electrons. The van der Waals surface area contributed by atoms with Crippen molar-refractivity contribution in [2.75, 3.05) is 0 Å². The number of hydrogen-bond donors (Lipinski definition) is 0. The van der Waals surface area contributed by atoms with Crippen molar-refractivity contribution in [3.05, 3.63) is 95.3 Å². The Bertz CT molecular complexity index is 1510. The van der Waals surface area contributed by atoms with Gasteiger partial charge in [-0.15, -0.1) is 18.3 Å². The lowest BCUT2D eigenvalue weighted by Crippen LogP contribution is -2.17. The summed E-state index contributed by atoms with van der Waals surface area (Å²) < 4.78 is 42.5. The molecule has 0 N–H and O–H groups in total. The molecule has 0 amide bonds. The van der Waals surface area contributed by atoms with Crippen LogP contribution in [0.4, 0.5) is 13.2 Å². The number of hydrogen-bond acceptors (Lipinski definition) is 5. The molecule has 1 heterocycles. The first-order valence-electron chi connectivity index (χ1n) is 14.0. The maximum atomic E-state index is 12.6. The molecule has 0 spiro atoms. The lowest BCUT2D eigenvalue weighted by atomic mass is 9.92. The van der Waals surface area contributed by atoms with Gasteiger partial charge in [0.2, 0.25) is 0 Å². The monoisotopic (exact) mass is 593 g/mol. The van der Waals surface area contributed by atoms with Crippen LogP contribution in [0.15, 0.2) is 73.1 Å². The van der Waals surface area contributed by atoms with E-state index in [9.17, 15) is 18.0 Å². The van der Waals surface area contributed by atoms with Crippen LogP contribution < -0.4 is 4.74 Å². The Hall–Kier alpha value is -3.85. The van der Waals surface area contributed by atoms with Gasteiger partial charge in [-0.2, -0.15) is 0 Å². The van der Waals surface area contributed by atoms with Gasteiger partial charge >= 0.3 is 6.36 Å². The molecule has 0 bridgehead atoms. The molecule has 3 aromatic carbocycles. The maximum absolute atomic E-state index is 12.6. The zero-order valence-electron chi connectivity index (χ0n) is 23.9. The van der Waals surface area contributed by atoms with E-state index in [0.29, 0.717) is 36.7 Å². The zero-order valence-corrected chi connectivity index (χ0v) is 24.8. The van der Waals surface area contributed by atoms with Gasteiger partial charge in [-0.05, 0) is 73.1 Å². The third-order valence-corrected chi connectivity index (χ3v) is 7.20. The molecule has 220 valence electrons. The van der Waals surface area contributed by atoms with Crippen LogP contribution in [-0.2, 0) is 17.6 Å². The fourth-order valence-electron chi connectivity index (χ4n) is 4.83. The van der Waals surface area contributed by atoms with Crippen LogP contribution >= 0.6 is 12.2 Å². The average Bonchev–Trinajstić information content (AvgIpc) is 3.41. The minimum atomic E-state index is -4.74. The molecule has 0 aliphatic rings. The van der Waals surface area contributed by atoms with Gasteiger partial charge in [0.25, 0.3) is 0 Å². The first kappa shape index (κ1) is 31.1. The van der Waals surface area contributed by atoms with Crippen LogP contribution in [0.5, 0.6) is 5.75 Å². The van der Waals surface area contributed by atoms with Crippen LogP contribution in [0.1, 0.15) is 67.7 Å². The van der Waals surface area contributed by atoms with E-state index in [0.717, 1.165) is 35.3 Å². The zero-order chi connectivity index (χ0) is 30.3. The molecule has 0 saturated carbocycles. The normalized spacial score (nSPS) is 11.6. The largest absolute Gasteiger partial charge is 0.573 e. The SMILES string of the molecule is Cc1ccc(C(C)C)c(CC(=S)CC(=O)CCCCc2ccc(-c3ncn(-c4ccc(OC(F)(F)F)cc4)n3)cc2)c1. The molecule has 5 nitrogen and oxygen atoms in total. The maximum Gasteiger partial charge on any atom is 0.573 e. The highest BCUT2D eigenvalue weighted by atomic mass is 32.1. The highest BCUT2D eigenvalue weighted by Gasteiger charge is 2.31. The molecule has 4 aromatic rings. The van der Waals surface area contributed by atoms with Crippen LogP contribution in [0.3, 0.4) is 0 Å². The number of alkyl halides is 3. The van der Waals surface area contributed by atoms with Crippen LogP contribution in [0.25, 0.3) is 17.1 Å². The van der Waals surface area contributed by atoms with Gasteiger partial charge in [0, 0.05) is 29.7 Å². The highest BCUT2D eigenvalue weighted by Crippen LogP contribution is 2.25. The van der Waals surface area contributed by atoms with E-state index >= 15 is 0 Å². The summed E-state index contributed by atoms with van der Waals surface area (Å²) in [6.07, 6.45) is 0.869. The van der Waals surface area contributed by atoms with E-state index in [2.05, 4.69) is 53.8 Å². The lowest BCUT2D eigenvalue weighted by molar-refractivity contribution is -0.274. The number of ketones is 1. The Labute approximate surface area is 249 Å². The summed E-state index contributed by atoms with van der Waals surface area (Å²) in [7, 11) is 0. The number of halogens is 3. The van der Waals surface area contributed by atoms with Crippen LogP contribution in [0.2, 0.25) is 0 Å². The van der Waals surface area contributed by atoms with Gasteiger partial charge in [-0.25, -0.2) is 9.67 Å². The quantitative estimate of drug-likeness (QED) is 0.115. The Morgan fingerprint density at radius 3 is 2.38 bits per heavy atom. The first-order chi connectivity index (χ1) is 20.0. The number of carbonyl (C=O) groups excluding carboxylic acids is 1. The smallest absolute Gasteiger partial charge is 0.406 e. The fraction of sp³-hybridized carbons (Fsp3) is 0.333. The molecule has 1 aromatic heterocycles. The van der Waals surface area contributed by atoms with E-state index in [4.69, 9.17) is 12.2 Å². The number of rotatable bonds is 13. The molecular formula is C33H34F3N3O2S. The van der Waals surface area contributed by atoms with Crippen molar-refractivity contribution in [2.45, 2.75) is 71.6 Å². The molecule has 4 rings (SSSR count). The van der Waals surface area contributed by atoms with Gasteiger partial charge in [-0.3, -0.25) is 4.79 Å². The van der Waals surface area contributed by atoms with E-state index in [1.807, 2.05) is 24.3 Å². The summed E-state index contributed by atoms with van der Waals surface area (Å²) in [5.74, 6) is 0.814. The Kier molecular flexibility index (Phi) is 10.3. The second kappa shape index (κ2) is 13.9. The molecule has 0 aliphatic heterocycles. The number of benzene rings is 3. The molecular weight excluding hydrogens is 559 g/mol. The third-order valence-electron chi connectivity index (χ3n) is 6.91. The summed E-state index contributed by atoms with van der Waals surface area (Å²) in [6.45, 7) is 6.42. The summed E-state index contributed by atoms with van der Waals surface area (Å²) in [4.78, 5) is 17.7. The van der Waals surface area contributed by atoms with Crippen molar-refractivity contribution in [3.8, 4) is 22.8 Å². The summed E-state index contributed by atoms with van der Waals surface area (Å²) in [6, 6.07) is 19.8. The van der Waals surface area contributed by atoms with Crippen molar-refractivity contribution < 1.29 is 22.7 Å². The summed E-state index contributed by atoms with van der Waals surface area (Å²) in [5, 5.41) is 4.44. The number of unbranched alkanes of at least 4 members (excludes halogenated alkanes) is 1. The second-order valence-corrected chi connectivity index (χ2v) is 11.3. The van der Waals surface area contributed by atoms with Crippen molar-refractivity contribution in [1.82, 2.24) is 14.8 Å². The van der Waals surface area contributed by atoms with E-state index in [1.54, 1.807) is 0 Å². The van der Waals surface area contributed by atoms with Crippen LogP contribution in [-0.4, -0.2) is 31.8 Å². The molecule has 0 aliphatic carbocycles. The predicted molar refractivity (Wildman–Crippen MR) is 162 cm³/mol. The van der Waals surface area contributed by atoms with Gasteiger partial charge in [0.1, 0.15) is 17.9 Å². The van der Waals surface area contributed by atoms with Gasteiger partial charge < -0.3 is 4.74 Å². The first-order valence-corrected chi connectivity index (χ1v) is 14.4. The summed E-state index contributed by atoms with van der Waals surface area (Å²) in [5.41, 5.74) is 6.26.